The molecule has 0 saturated carbocycles. The summed E-state index contributed by atoms with van der Waals surface area (Å²) in [7, 11) is 3.50. The SMILES string of the molecule is COc1ccc(CC2CC(C(=O)NCc3ccc4c(c3)nnn4C)N(C(=O)[C@H]3CC(c4cncnc4)CN3)C2)cc1. The summed E-state index contributed by atoms with van der Waals surface area (Å²) in [4.78, 5) is 37.5. The average molecular weight is 555 g/mol. The van der Waals surface area contributed by atoms with Crippen molar-refractivity contribution in [2.45, 2.75) is 43.8 Å². The summed E-state index contributed by atoms with van der Waals surface area (Å²) in [6.45, 7) is 1.56. The minimum atomic E-state index is -0.535. The number of fused-ring (bicyclic) bond motifs is 1. The number of carbonyl (C=O) groups is 2. The maximum atomic E-state index is 13.9. The third-order valence-electron chi connectivity index (χ3n) is 8.28. The Balaban J connectivity index is 1.16. The van der Waals surface area contributed by atoms with Crippen molar-refractivity contribution in [2.24, 2.45) is 13.0 Å². The van der Waals surface area contributed by atoms with E-state index < -0.39 is 6.04 Å². The molecule has 0 spiro atoms. The molecule has 2 aromatic carbocycles. The lowest BCUT2D eigenvalue weighted by Gasteiger charge is -2.27. The Bertz CT molecular complexity index is 1520. The number of carbonyl (C=O) groups excluding carboxylic acids is 2. The van der Waals surface area contributed by atoms with Crippen molar-refractivity contribution in [1.82, 2.24) is 40.5 Å². The molecule has 2 aromatic heterocycles. The molecule has 4 heterocycles. The minimum Gasteiger partial charge on any atom is -0.497 e. The van der Waals surface area contributed by atoms with Gasteiger partial charge in [-0.15, -0.1) is 5.10 Å². The van der Waals surface area contributed by atoms with Gasteiger partial charge in [0.2, 0.25) is 11.8 Å². The summed E-state index contributed by atoms with van der Waals surface area (Å²) in [5.41, 5.74) is 4.82. The van der Waals surface area contributed by atoms with Gasteiger partial charge in [-0.3, -0.25) is 9.59 Å². The number of aryl methyl sites for hydroxylation is 1. The number of hydrogen-bond acceptors (Lipinski definition) is 8. The van der Waals surface area contributed by atoms with Gasteiger partial charge in [0.1, 0.15) is 23.6 Å². The first-order valence-electron chi connectivity index (χ1n) is 14.0. The number of likely N-dealkylation sites (tertiary alicyclic amines) is 1. The second-order valence-electron chi connectivity index (χ2n) is 11.0. The maximum absolute atomic E-state index is 13.9. The second kappa shape index (κ2) is 11.6. The highest BCUT2D eigenvalue weighted by atomic mass is 16.5. The van der Waals surface area contributed by atoms with Gasteiger partial charge in [0.05, 0.1) is 18.7 Å². The van der Waals surface area contributed by atoms with Gasteiger partial charge in [-0.25, -0.2) is 14.6 Å². The predicted molar refractivity (Wildman–Crippen MR) is 152 cm³/mol. The van der Waals surface area contributed by atoms with Crippen molar-refractivity contribution in [3.05, 3.63) is 77.9 Å². The number of aromatic nitrogens is 5. The maximum Gasteiger partial charge on any atom is 0.243 e. The van der Waals surface area contributed by atoms with Crippen LogP contribution >= 0.6 is 0 Å². The van der Waals surface area contributed by atoms with E-state index in [9.17, 15) is 9.59 Å². The first-order chi connectivity index (χ1) is 20.0. The van der Waals surface area contributed by atoms with E-state index in [0.717, 1.165) is 39.9 Å². The monoisotopic (exact) mass is 554 g/mol. The summed E-state index contributed by atoms with van der Waals surface area (Å²) in [5, 5.41) is 14.7. The molecule has 2 fully saturated rings. The molecule has 0 radical (unpaired) electrons. The van der Waals surface area contributed by atoms with E-state index in [4.69, 9.17) is 4.74 Å². The Morgan fingerprint density at radius 2 is 1.85 bits per heavy atom. The van der Waals surface area contributed by atoms with Crippen molar-refractivity contribution >= 4 is 22.8 Å². The molecule has 3 unspecified atom stereocenters. The average Bonchev–Trinajstić information content (AvgIpc) is 3.76. The third kappa shape index (κ3) is 5.76. The van der Waals surface area contributed by atoms with Crippen LogP contribution in [-0.2, 0) is 29.6 Å². The van der Waals surface area contributed by atoms with Crippen LogP contribution in [0.3, 0.4) is 0 Å². The van der Waals surface area contributed by atoms with Crippen LogP contribution in [0.1, 0.15) is 35.4 Å². The minimum absolute atomic E-state index is 0.0253. The van der Waals surface area contributed by atoms with Gasteiger partial charge < -0.3 is 20.3 Å². The van der Waals surface area contributed by atoms with Crippen LogP contribution in [0.4, 0.5) is 0 Å². The number of methoxy groups -OCH3 is 1. The van der Waals surface area contributed by atoms with Gasteiger partial charge in [-0.2, -0.15) is 0 Å². The fourth-order valence-electron chi connectivity index (χ4n) is 6.06. The van der Waals surface area contributed by atoms with E-state index in [1.54, 1.807) is 16.7 Å². The largest absolute Gasteiger partial charge is 0.497 e. The lowest BCUT2D eigenvalue weighted by Crippen LogP contribution is -2.51. The van der Waals surface area contributed by atoms with Crippen molar-refractivity contribution < 1.29 is 14.3 Å². The molecular formula is C30H34N8O3. The second-order valence-corrected chi connectivity index (χ2v) is 11.0. The first kappa shape index (κ1) is 26.8. The van der Waals surface area contributed by atoms with Crippen LogP contribution in [0.15, 0.2) is 61.2 Å². The highest BCUT2D eigenvalue weighted by molar-refractivity contribution is 5.90. The summed E-state index contributed by atoms with van der Waals surface area (Å²) in [6.07, 6.45) is 7.16. The van der Waals surface area contributed by atoms with E-state index in [1.165, 1.54) is 6.33 Å². The molecule has 6 rings (SSSR count). The Morgan fingerprint density at radius 3 is 2.63 bits per heavy atom. The highest BCUT2D eigenvalue weighted by Crippen LogP contribution is 2.31. The normalized spacial score (nSPS) is 22.2. The zero-order valence-electron chi connectivity index (χ0n) is 23.2. The molecule has 0 aliphatic carbocycles. The fourth-order valence-corrected chi connectivity index (χ4v) is 6.06. The summed E-state index contributed by atoms with van der Waals surface area (Å²) in [5.74, 6) is 0.966. The van der Waals surface area contributed by atoms with Crippen molar-refractivity contribution in [2.75, 3.05) is 20.2 Å². The zero-order valence-corrected chi connectivity index (χ0v) is 23.2. The Labute approximate surface area is 238 Å². The zero-order chi connectivity index (χ0) is 28.3. The van der Waals surface area contributed by atoms with Crippen LogP contribution in [-0.4, -0.2) is 74.0 Å². The first-order valence-corrected chi connectivity index (χ1v) is 14.0. The van der Waals surface area contributed by atoms with Crippen LogP contribution in [0.5, 0.6) is 5.75 Å². The van der Waals surface area contributed by atoms with Crippen LogP contribution < -0.4 is 15.4 Å². The van der Waals surface area contributed by atoms with E-state index in [0.29, 0.717) is 32.5 Å². The standard InChI is InChI=1S/C30H34N8O3/c1-37-27-8-5-20(10-25(27)35-36-37)13-34-29(39)28-11-21(9-19-3-6-24(41-2)7-4-19)17-38(28)30(40)26-12-22(16-33-26)23-14-31-18-32-15-23/h3-8,10,14-15,18,21-22,26,28,33H,9,11-13,16-17H2,1-2H3,(H,34,39)/t21?,22?,26-,28?/m1/s1. The number of nitrogens with zero attached hydrogens (tertiary/aromatic N) is 6. The van der Waals surface area contributed by atoms with Crippen molar-refractivity contribution in [3.63, 3.8) is 0 Å². The third-order valence-corrected chi connectivity index (χ3v) is 8.28. The molecule has 212 valence electrons. The van der Waals surface area contributed by atoms with E-state index in [2.05, 4.69) is 30.9 Å². The molecule has 2 aliphatic rings. The van der Waals surface area contributed by atoms with Crippen LogP contribution in [0.2, 0.25) is 0 Å². The van der Waals surface area contributed by atoms with Crippen LogP contribution in [0.25, 0.3) is 11.0 Å². The predicted octanol–water partition coefficient (Wildman–Crippen LogP) is 1.99. The lowest BCUT2D eigenvalue weighted by atomic mass is 9.96. The van der Waals surface area contributed by atoms with E-state index >= 15 is 0 Å². The molecule has 2 saturated heterocycles. The molecule has 4 atom stereocenters. The molecule has 4 aromatic rings. The molecule has 2 amide bonds. The van der Waals surface area contributed by atoms with Gasteiger partial charge in [0.15, 0.2) is 0 Å². The summed E-state index contributed by atoms with van der Waals surface area (Å²) < 4.78 is 7.01. The molecule has 11 heteroatoms. The van der Waals surface area contributed by atoms with Gasteiger partial charge in [0.25, 0.3) is 0 Å². The van der Waals surface area contributed by atoms with Gasteiger partial charge in [-0.1, -0.05) is 23.4 Å². The lowest BCUT2D eigenvalue weighted by molar-refractivity contribution is -0.139. The Hall–Kier alpha value is -4.38. The topological polar surface area (TPSA) is 127 Å². The van der Waals surface area contributed by atoms with Gasteiger partial charge in [-0.05, 0) is 66.1 Å². The number of nitrogens with one attached hydrogen (secondary N) is 2. The molecule has 41 heavy (non-hydrogen) atoms. The number of amides is 2. The Morgan fingerprint density at radius 1 is 1.07 bits per heavy atom. The number of ether oxygens (including phenoxy) is 1. The smallest absolute Gasteiger partial charge is 0.243 e. The van der Waals surface area contributed by atoms with Crippen LogP contribution in [0, 0.1) is 5.92 Å². The van der Waals surface area contributed by atoms with E-state index in [-0.39, 0.29) is 29.7 Å². The molecule has 0 bridgehead atoms. The molecule has 11 nitrogen and oxygen atoms in total. The number of hydrogen-bond donors (Lipinski definition) is 2. The molecular weight excluding hydrogens is 520 g/mol. The molecule has 2 aliphatic heterocycles. The van der Waals surface area contributed by atoms with Gasteiger partial charge in [0, 0.05) is 45.0 Å². The number of benzene rings is 2. The van der Waals surface area contributed by atoms with Crippen molar-refractivity contribution in [1.29, 1.82) is 0 Å². The molecule has 2 N–H and O–H groups in total. The summed E-state index contributed by atoms with van der Waals surface area (Å²) >= 11 is 0. The van der Waals surface area contributed by atoms with Gasteiger partial charge >= 0.3 is 0 Å². The fraction of sp³-hybridized carbons (Fsp3) is 0.400. The van der Waals surface area contributed by atoms with Crippen molar-refractivity contribution in [3.8, 4) is 5.75 Å². The highest BCUT2D eigenvalue weighted by Gasteiger charge is 2.43. The number of rotatable bonds is 8. The Kier molecular flexibility index (Phi) is 7.60. The summed E-state index contributed by atoms with van der Waals surface area (Å²) in [6, 6.07) is 12.9. The van der Waals surface area contributed by atoms with E-state index in [1.807, 2.05) is 61.9 Å². The quantitative estimate of drug-likeness (QED) is 0.339.